The maximum Gasteiger partial charge on any atom is 0.491 e. The van der Waals surface area contributed by atoms with Crippen molar-refractivity contribution in [2.24, 2.45) is 5.73 Å². The lowest BCUT2D eigenvalue weighted by molar-refractivity contribution is 0.00578. The zero-order valence-corrected chi connectivity index (χ0v) is 13.2. The molecule has 1 aromatic rings. The molecular formula is C15H21BF2N2O2. The van der Waals surface area contributed by atoms with Crippen molar-refractivity contribution in [2.75, 3.05) is 12.3 Å². The second kappa shape index (κ2) is 5.64. The van der Waals surface area contributed by atoms with E-state index < -0.39 is 30.0 Å². The highest BCUT2D eigenvalue weighted by molar-refractivity contribution is 6.55. The second-order valence-electron chi connectivity index (χ2n) is 6.38. The maximum absolute atomic E-state index is 13.9. The van der Waals surface area contributed by atoms with Crippen molar-refractivity contribution in [3.8, 4) is 0 Å². The lowest BCUT2D eigenvalue weighted by atomic mass is 9.77. The van der Waals surface area contributed by atoms with Gasteiger partial charge in [0.2, 0.25) is 0 Å². The van der Waals surface area contributed by atoms with Gasteiger partial charge in [-0.1, -0.05) is 6.08 Å². The highest BCUT2D eigenvalue weighted by Gasteiger charge is 2.52. The smallest absolute Gasteiger partial charge is 0.400 e. The van der Waals surface area contributed by atoms with Gasteiger partial charge >= 0.3 is 7.12 Å². The highest BCUT2D eigenvalue weighted by atomic mass is 19.2. The molecule has 0 spiro atoms. The Morgan fingerprint density at radius 1 is 1.14 bits per heavy atom. The third-order valence-corrected chi connectivity index (χ3v) is 4.27. The quantitative estimate of drug-likeness (QED) is 0.665. The summed E-state index contributed by atoms with van der Waals surface area (Å²) in [6.45, 7) is 7.73. The third-order valence-electron chi connectivity index (χ3n) is 4.27. The zero-order valence-electron chi connectivity index (χ0n) is 13.2. The minimum atomic E-state index is -1.07. The summed E-state index contributed by atoms with van der Waals surface area (Å²) in [4.78, 5) is 0. The van der Waals surface area contributed by atoms with Gasteiger partial charge in [-0.15, -0.1) is 0 Å². The fourth-order valence-electron chi connectivity index (χ4n) is 2.11. The van der Waals surface area contributed by atoms with Crippen LogP contribution in [0.4, 0.5) is 14.5 Å². The minimum absolute atomic E-state index is 0.0573. The van der Waals surface area contributed by atoms with E-state index in [1.165, 1.54) is 18.2 Å². The molecule has 0 aliphatic carbocycles. The van der Waals surface area contributed by atoms with Crippen LogP contribution in [0, 0.1) is 11.6 Å². The average Bonchev–Trinajstić information content (AvgIpc) is 2.64. The van der Waals surface area contributed by atoms with Gasteiger partial charge in [-0.2, -0.15) is 0 Å². The average molecular weight is 310 g/mol. The molecule has 1 fully saturated rings. The van der Waals surface area contributed by atoms with Crippen LogP contribution in [0.15, 0.2) is 17.6 Å². The van der Waals surface area contributed by atoms with Gasteiger partial charge in [0, 0.05) is 12.1 Å². The number of benzene rings is 1. The lowest BCUT2D eigenvalue weighted by Gasteiger charge is -2.32. The van der Waals surface area contributed by atoms with Crippen molar-refractivity contribution in [1.82, 2.24) is 0 Å². The molecule has 0 bridgehead atoms. The van der Waals surface area contributed by atoms with Gasteiger partial charge in [0.1, 0.15) is 0 Å². The Morgan fingerprint density at radius 3 is 2.18 bits per heavy atom. The molecule has 1 aliphatic rings. The molecule has 1 aliphatic heterocycles. The predicted octanol–water partition coefficient (Wildman–Crippen LogP) is 2.52. The summed E-state index contributed by atoms with van der Waals surface area (Å²) < 4.78 is 39.2. The van der Waals surface area contributed by atoms with Crippen LogP contribution in [0.2, 0.25) is 0 Å². The van der Waals surface area contributed by atoms with Gasteiger partial charge in [-0.3, -0.25) is 0 Å². The highest BCUT2D eigenvalue weighted by Crippen LogP contribution is 2.38. The normalized spacial score (nSPS) is 20.5. The monoisotopic (exact) mass is 310 g/mol. The van der Waals surface area contributed by atoms with Gasteiger partial charge < -0.3 is 20.8 Å². The predicted molar refractivity (Wildman–Crippen MR) is 83.9 cm³/mol. The van der Waals surface area contributed by atoms with Crippen LogP contribution in [-0.4, -0.2) is 24.9 Å². The molecule has 2 rings (SSSR count). The van der Waals surface area contributed by atoms with Gasteiger partial charge in [-0.25, -0.2) is 8.78 Å². The molecule has 0 unspecified atom stereocenters. The Labute approximate surface area is 129 Å². The van der Waals surface area contributed by atoms with E-state index in [1.54, 1.807) is 0 Å². The molecule has 0 saturated carbocycles. The molecule has 7 heteroatoms. The molecule has 0 atom stereocenters. The summed E-state index contributed by atoms with van der Waals surface area (Å²) in [5, 5.41) is 0. The van der Waals surface area contributed by atoms with E-state index in [0.717, 1.165) is 0 Å². The van der Waals surface area contributed by atoms with Crippen LogP contribution in [-0.2, 0) is 9.31 Å². The zero-order chi connectivity index (χ0) is 16.7. The number of hydrogen-bond acceptors (Lipinski definition) is 4. The van der Waals surface area contributed by atoms with Crippen molar-refractivity contribution in [2.45, 2.75) is 38.9 Å². The van der Waals surface area contributed by atoms with Gasteiger partial charge in [0.15, 0.2) is 11.6 Å². The summed E-state index contributed by atoms with van der Waals surface area (Å²) in [5.41, 5.74) is 10.4. The summed E-state index contributed by atoms with van der Waals surface area (Å²) in [5.74, 6) is -2.08. The Bertz CT molecular complexity index is 602. The number of rotatable bonds is 3. The molecule has 1 aromatic carbocycles. The van der Waals surface area contributed by atoms with Crippen LogP contribution in [0.3, 0.4) is 0 Å². The first-order valence-electron chi connectivity index (χ1n) is 7.08. The summed E-state index contributed by atoms with van der Waals surface area (Å²) in [6.07, 6.45) is 1.44. The van der Waals surface area contributed by atoms with Crippen LogP contribution in [0.5, 0.6) is 0 Å². The Balaban J connectivity index is 2.36. The molecule has 0 amide bonds. The largest absolute Gasteiger partial charge is 0.491 e. The van der Waals surface area contributed by atoms with Crippen LogP contribution in [0.1, 0.15) is 33.3 Å². The summed E-state index contributed by atoms with van der Waals surface area (Å²) >= 11 is 0. The number of anilines is 1. The molecule has 0 radical (unpaired) electrons. The molecule has 0 aromatic heterocycles. The van der Waals surface area contributed by atoms with E-state index in [4.69, 9.17) is 20.8 Å². The molecule has 22 heavy (non-hydrogen) atoms. The SMILES string of the molecule is CC1(C)OB(C(=Cc2ccc(N)c(F)c2F)CN)OC1(C)C. The van der Waals surface area contributed by atoms with Crippen LogP contribution < -0.4 is 11.5 Å². The first kappa shape index (κ1) is 16.9. The standard InChI is InChI=1S/C15H21BF2N2O2/c1-14(2)15(3,4)22-16(21-14)10(8-19)7-9-5-6-11(20)13(18)12(9)17/h5-7H,8,19-20H2,1-4H3. The molecular weight excluding hydrogens is 289 g/mol. The Morgan fingerprint density at radius 2 is 1.68 bits per heavy atom. The molecule has 4 nitrogen and oxygen atoms in total. The summed E-state index contributed by atoms with van der Waals surface area (Å²) in [7, 11) is -0.699. The summed E-state index contributed by atoms with van der Waals surface area (Å²) in [6, 6.07) is 2.71. The first-order valence-corrected chi connectivity index (χ1v) is 7.08. The van der Waals surface area contributed by atoms with E-state index in [2.05, 4.69) is 0 Å². The number of hydrogen-bond donors (Lipinski definition) is 2. The van der Waals surface area contributed by atoms with E-state index in [-0.39, 0.29) is 17.8 Å². The molecule has 1 saturated heterocycles. The fourth-order valence-corrected chi connectivity index (χ4v) is 2.11. The van der Waals surface area contributed by atoms with Gasteiger partial charge in [0.05, 0.1) is 16.9 Å². The van der Waals surface area contributed by atoms with Crippen molar-refractivity contribution in [1.29, 1.82) is 0 Å². The van der Waals surface area contributed by atoms with E-state index in [9.17, 15) is 8.78 Å². The van der Waals surface area contributed by atoms with E-state index in [0.29, 0.717) is 5.47 Å². The molecule has 4 N–H and O–H groups in total. The van der Waals surface area contributed by atoms with Crippen molar-refractivity contribution >= 4 is 18.9 Å². The fraction of sp³-hybridized carbons (Fsp3) is 0.467. The van der Waals surface area contributed by atoms with Crippen molar-refractivity contribution in [3.63, 3.8) is 0 Å². The van der Waals surface area contributed by atoms with Gasteiger partial charge in [0.25, 0.3) is 0 Å². The third kappa shape index (κ3) is 2.88. The minimum Gasteiger partial charge on any atom is -0.400 e. The second-order valence-corrected chi connectivity index (χ2v) is 6.38. The Hall–Kier alpha value is -1.44. The number of halogens is 2. The first-order chi connectivity index (χ1) is 10.1. The van der Waals surface area contributed by atoms with E-state index in [1.807, 2.05) is 27.7 Å². The Kier molecular flexibility index (Phi) is 4.34. The van der Waals surface area contributed by atoms with Crippen molar-refractivity contribution in [3.05, 3.63) is 34.8 Å². The number of nitrogens with two attached hydrogens (primary N) is 2. The molecule has 1 heterocycles. The van der Waals surface area contributed by atoms with Crippen LogP contribution in [0.25, 0.3) is 6.08 Å². The lowest BCUT2D eigenvalue weighted by Crippen LogP contribution is -2.41. The van der Waals surface area contributed by atoms with Crippen molar-refractivity contribution < 1.29 is 18.1 Å². The van der Waals surface area contributed by atoms with E-state index >= 15 is 0 Å². The molecule has 120 valence electrons. The number of nitrogen functional groups attached to an aromatic ring is 1. The van der Waals surface area contributed by atoms with Gasteiger partial charge in [-0.05, 0) is 45.3 Å². The topological polar surface area (TPSA) is 70.5 Å². The maximum atomic E-state index is 13.9. The van der Waals surface area contributed by atoms with Crippen LogP contribution >= 0.6 is 0 Å².